The highest BCUT2D eigenvalue weighted by molar-refractivity contribution is 5.94. The van der Waals surface area contributed by atoms with Gasteiger partial charge < -0.3 is 4.90 Å². The van der Waals surface area contributed by atoms with Crippen molar-refractivity contribution in [2.24, 2.45) is 0 Å². The Labute approximate surface area is 83.8 Å². The molecular formula is C11H14N2O. The van der Waals surface area contributed by atoms with E-state index in [4.69, 9.17) is 0 Å². The summed E-state index contributed by atoms with van der Waals surface area (Å²) >= 11 is 0. The molecule has 0 bridgehead atoms. The predicted molar refractivity (Wildman–Crippen MR) is 54.0 cm³/mol. The lowest BCUT2D eigenvalue weighted by Crippen LogP contribution is -2.41. The van der Waals surface area contributed by atoms with Crippen LogP contribution in [0.2, 0.25) is 0 Å². The molecule has 0 aromatic carbocycles. The number of hydrogen-bond acceptors (Lipinski definition) is 2. The van der Waals surface area contributed by atoms with E-state index in [1.165, 1.54) is 6.42 Å². The second kappa shape index (κ2) is 3.78. The Morgan fingerprint density at radius 3 is 2.57 bits per heavy atom. The SMILES string of the molecule is CN(C(=O)c1ccncc1)C1CCC1. The van der Waals surface area contributed by atoms with Crippen LogP contribution in [0, 0.1) is 0 Å². The molecule has 0 unspecified atom stereocenters. The first-order valence-corrected chi connectivity index (χ1v) is 4.96. The third-order valence-electron chi connectivity index (χ3n) is 2.87. The molecule has 0 N–H and O–H groups in total. The van der Waals surface area contributed by atoms with E-state index in [1.807, 2.05) is 11.9 Å². The van der Waals surface area contributed by atoms with Crippen LogP contribution in [0.3, 0.4) is 0 Å². The second-order valence-corrected chi connectivity index (χ2v) is 3.74. The van der Waals surface area contributed by atoms with E-state index in [9.17, 15) is 4.79 Å². The number of carbonyl (C=O) groups is 1. The molecule has 2 rings (SSSR count). The average Bonchev–Trinajstić information content (AvgIpc) is 2.15. The van der Waals surface area contributed by atoms with Gasteiger partial charge in [-0.25, -0.2) is 0 Å². The van der Waals surface area contributed by atoms with Crippen molar-refractivity contribution >= 4 is 5.91 Å². The Kier molecular flexibility index (Phi) is 2.48. The zero-order chi connectivity index (χ0) is 9.97. The molecule has 0 atom stereocenters. The van der Waals surface area contributed by atoms with Crippen LogP contribution in [0.25, 0.3) is 0 Å². The smallest absolute Gasteiger partial charge is 0.253 e. The summed E-state index contributed by atoms with van der Waals surface area (Å²) < 4.78 is 0. The van der Waals surface area contributed by atoms with Gasteiger partial charge in [0, 0.05) is 31.0 Å². The molecule has 0 saturated heterocycles. The normalized spacial score (nSPS) is 16.1. The summed E-state index contributed by atoms with van der Waals surface area (Å²) in [5, 5.41) is 0. The molecule has 1 saturated carbocycles. The van der Waals surface area contributed by atoms with Crippen molar-refractivity contribution in [2.45, 2.75) is 25.3 Å². The molecule has 1 aromatic heterocycles. The zero-order valence-electron chi connectivity index (χ0n) is 8.31. The lowest BCUT2D eigenvalue weighted by molar-refractivity contribution is 0.0652. The fraction of sp³-hybridized carbons (Fsp3) is 0.455. The highest BCUT2D eigenvalue weighted by atomic mass is 16.2. The van der Waals surface area contributed by atoms with Gasteiger partial charge in [-0.3, -0.25) is 9.78 Å². The van der Waals surface area contributed by atoms with Crippen LogP contribution in [0.1, 0.15) is 29.6 Å². The van der Waals surface area contributed by atoms with Crippen LogP contribution >= 0.6 is 0 Å². The first-order chi connectivity index (χ1) is 6.79. The summed E-state index contributed by atoms with van der Waals surface area (Å²) in [6.45, 7) is 0. The van der Waals surface area contributed by atoms with Gasteiger partial charge in [0.2, 0.25) is 0 Å². The van der Waals surface area contributed by atoms with Crippen molar-refractivity contribution in [3.63, 3.8) is 0 Å². The molecule has 1 aliphatic rings. The minimum Gasteiger partial charge on any atom is -0.339 e. The molecule has 1 amide bonds. The topological polar surface area (TPSA) is 33.2 Å². The van der Waals surface area contributed by atoms with Crippen LogP contribution in [-0.2, 0) is 0 Å². The van der Waals surface area contributed by atoms with Gasteiger partial charge in [0.15, 0.2) is 0 Å². The molecule has 0 spiro atoms. The molecule has 0 radical (unpaired) electrons. The van der Waals surface area contributed by atoms with E-state index in [2.05, 4.69) is 4.98 Å². The quantitative estimate of drug-likeness (QED) is 0.711. The van der Waals surface area contributed by atoms with Crippen molar-refractivity contribution in [1.29, 1.82) is 0 Å². The average molecular weight is 190 g/mol. The van der Waals surface area contributed by atoms with Gasteiger partial charge in [-0.05, 0) is 31.4 Å². The maximum atomic E-state index is 11.9. The zero-order valence-corrected chi connectivity index (χ0v) is 8.31. The van der Waals surface area contributed by atoms with Gasteiger partial charge in [-0.1, -0.05) is 0 Å². The van der Waals surface area contributed by atoms with Gasteiger partial charge in [0.1, 0.15) is 0 Å². The first-order valence-electron chi connectivity index (χ1n) is 4.96. The van der Waals surface area contributed by atoms with Gasteiger partial charge in [-0.15, -0.1) is 0 Å². The number of amides is 1. The van der Waals surface area contributed by atoms with E-state index in [-0.39, 0.29) is 5.91 Å². The number of pyridine rings is 1. The fourth-order valence-corrected chi connectivity index (χ4v) is 1.64. The molecule has 1 fully saturated rings. The van der Waals surface area contributed by atoms with E-state index in [0.717, 1.165) is 18.4 Å². The van der Waals surface area contributed by atoms with Crippen molar-refractivity contribution < 1.29 is 4.79 Å². The largest absolute Gasteiger partial charge is 0.339 e. The summed E-state index contributed by atoms with van der Waals surface area (Å²) in [5.74, 6) is 0.108. The highest BCUT2D eigenvalue weighted by Gasteiger charge is 2.25. The Morgan fingerprint density at radius 1 is 1.43 bits per heavy atom. The third-order valence-corrected chi connectivity index (χ3v) is 2.87. The summed E-state index contributed by atoms with van der Waals surface area (Å²) in [6.07, 6.45) is 6.85. The summed E-state index contributed by atoms with van der Waals surface area (Å²) in [4.78, 5) is 17.6. The molecule has 1 aliphatic carbocycles. The van der Waals surface area contributed by atoms with Crippen LogP contribution < -0.4 is 0 Å². The number of aromatic nitrogens is 1. The minimum atomic E-state index is 0.108. The van der Waals surface area contributed by atoms with E-state index < -0.39 is 0 Å². The highest BCUT2D eigenvalue weighted by Crippen LogP contribution is 2.24. The molecule has 3 heteroatoms. The van der Waals surface area contributed by atoms with Gasteiger partial charge in [-0.2, -0.15) is 0 Å². The van der Waals surface area contributed by atoms with Gasteiger partial charge in [0.25, 0.3) is 5.91 Å². The lowest BCUT2D eigenvalue weighted by atomic mass is 9.91. The maximum absolute atomic E-state index is 11.9. The van der Waals surface area contributed by atoms with Crippen LogP contribution in [0.15, 0.2) is 24.5 Å². The molecule has 1 heterocycles. The molecule has 0 aliphatic heterocycles. The molecule has 74 valence electrons. The monoisotopic (exact) mass is 190 g/mol. The molecule has 3 nitrogen and oxygen atoms in total. The predicted octanol–water partition coefficient (Wildman–Crippen LogP) is 1.71. The van der Waals surface area contributed by atoms with Crippen molar-refractivity contribution in [3.05, 3.63) is 30.1 Å². The number of hydrogen-bond donors (Lipinski definition) is 0. The van der Waals surface area contributed by atoms with Crippen molar-refractivity contribution in [3.8, 4) is 0 Å². The van der Waals surface area contributed by atoms with E-state index >= 15 is 0 Å². The van der Waals surface area contributed by atoms with E-state index in [1.54, 1.807) is 24.5 Å². The standard InChI is InChI=1S/C11H14N2O/c1-13(10-3-2-4-10)11(14)9-5-7-12-8-6-9/h5-8,10H,2-4H2,1H3. The summed E-state index contributed by atoms with van der Waals surface area (Å²) in [7, 11) is 1.88. The van der Waals surface area contributed by atoms with Gasteiger partial charge in [0.05, 0.1) is 0 Å². The Morgan fingerprint density at radius 2 is 2.07 bits per heavy atom. The Hall–Kier alpha value is -1.38. The summed E-state index contributed by atoms with van der Waals surface area (Å²) in [5.41, 5.74) is 0.731. The van der Waals surface area contributed by atoms with Crippen molar-refractivity contribution in [1.82, 2.24) is 9.88 Å². The minimum absolute atomic E-state index is 0.108. The van der Waals surface area contributed by atoms with Crippen molar-refractivity contribution in [2.75, 3.05) is 7.05 Å². The number of rotatable bonds is 2. The van der Waals surface area contributed by atoms with Crippen LogP contribution in [-0.4, -0.2) is 28.9 Å². The molecule has 1 aromatic rings. The number of carbonyl (C=O) groups excluding carboxylic acids is 1. The van der Waals surface area contributed by atoms with Gasteiger partial charge >= 0.3 is 0 Å². The lowest BCUT2D eigenvalue weighted by Gasteiger charge is -2.34. The third kappa shape index (κ3) is 1.62. The molecule has 14 heavy (non-hydrogen) atoms. The van der Waals surface area contributed by atoms with Crippen LogP contribution in [0.4, 0.5) is 0 Å². The Bertz CT molecular complexity index is 319. The summed E-state index contributed by atoms with van der Waals surface area (Å²) in [6, 6.07) is 3.98. The first kappa shape index (κ1) is 9.19. The van der Waals surface area contributed by atoms with Crippen LogP contribution in [0.5, 0.6) is 0 Å². The van der Waals surface area contributed by atoms with E-state index in [0.29, 0.717) is 6.04 Å². The second-order valence-electron chi connectivity index (χ2n) is 3.74. The Balaban J connectivity index is 2.07. The maximum Gasteiger partial charge on any atom is 0.253 e. The fourth-order valence-electron chi connectivity index (χ4n) is 1.64. The number of nitrogens with zero attached hydrogens (tertiary/aromatic N) is 2. The molecular weight excluding hydrogens is 176 g/mol.